The minimum absolute atomic E-state index is 0.0447. The Balaban J connectivity index is 0.000000345. The summed E-state index contributed by atoms with van der Waals surface area (Å²) in [6.45, 7) is 4.75. The molecule has 6 nitrogen and oxygen atoms in total. The van der Waals surface area contributed by atoms with E-state index in [0.29, 0.717) is 6.61 Å². The second-order valence-corrected chi connectivity index (χ2v) is 6.89. The predicted molar refractivity (Wildman–Crippen MR) is 95.4 cm³/mol. The van der Waals surface area contributed by atoms with Gasteiger partial charge in [0.05, 0.1) is 18.8 Å². The molecular weight excluding hydrogens is 379 g/mol. The van der Waals surface area contributed by atoms with Gasteiger partial charge in [-0.25, -0.2) is 4.79 Å². The van der Waals surface area contributed by atoms with Crippen LogP contribution in [0.5, 0.6) is 5.75 Å². The van der Waals surface area contributed by atoms with Gasteiger partial charge in [0.25, 0.3) is 0 Å². The Morgan fingerprint density at radius 3 is 2.43 bits per heavy atom. The number of benzene rings is 1. The first kappa shape index (κ1) is 22.4. The fourth-order valence-electron chi connectivity index (χ4n) is 3.32. The third kappa shape index (κ3) is 6.96. The molecule has 1 atom stereocenters. The number of carboxylic acid groups (broad SMARTS) is 1. The van der Waals surface area contributed by atoms with E-state index in [1.807, 2.05) is 30.3 Å². The highest BCUT2D eigenvalue weighted by Crippen LogP contribution is 2.37. The van der Waals surface area contributed by atoms with Gasteiger partial charge in [-0.2, -0.15) is 13.2 Å². The topological polar surface area (TPSA) is 68.2 Å². The van der Waals surface area contributed by atoms with Crippen LogP contribution in [-0.2, 0) is 14.3 Å². The van der Waals surface area contributed by atoms with Crippen molar-refractivity contribution in [3.8, 4) is 5.75 Å². The first-order valence-electron chi connectivity index (χ1n) is 9.11. The van der Waals surface area contributed by atoms with Crippen molar-refractivity contribution in [2.75, 3.05) is 40.0 Å². The van der Waals surface area contributed by atoms with Crippen LogP contribution in [0.25, 0.3) is 0 Å². The van der Waals surface area contributed by atoms with Gasteiger partial charge in [0.15, 0.2) is 0 Å². The summed E-state index contributed by atoms with van der Waals surface area (Å²) in [6, 6.07) is 10.1. The molecule has 0 bridgehead atoms. The zero-order valence-corrected chi connectivity index (χ0v) is 15.8. The maximum atomic E-state index is 10.6. The Kier molecular flexibility index (Phi) is 8.09. The Bertz CT molecular complexity index is 603. The molecule has 2 saturated heterocycles. The van der Waals surface area contributed by atoms with Crippen LogP contribution in [0, 0.1) is 0 Å². The molecule has 1 aromatic rings. The quantitative estimate of drug-likeness (QED) is 0.813. The number of nitrogens with zero attached hydrogens (tertiary/aromatic N) is 1. The summed E-state index contributed by atoms with van der Waals surface area (Å²) in [7, 11) is 1.76. The van der Waals surface area contributed by atoms with Gasteiger partial charge in [-0.05, 0) is 25.0 Å². The number of aliphatic carboxylic acids is 1. The number of carbonyl (C=O) groups is 1. The molecule has 1 aromatic carbocycles. The van der Waals surface area contributed by atoms with Crippen LogP contribution < -0.4 is 4.74 Å². The van der Waals surface area contributed by atoms with E-state index in [4.69, 9.17) is 24.1 Å². The summed E-state index contributed by atoms with van der Waals surface area (Å²) in [5.74, 6) is -1.81. The second-order valence-electron chi connectivity index (χ2n) is 6.89. The van der Waals surface area contributed by atoms with Crippen molar-refractivity contribution in [2.24, 2.45) is 0 Å². The van der Waals surface area contributed by atoms with Gasteiger partial charge >= 0.3 is 12.1 Å². The number of methoxy groups -OCH3 is 1. The number of ether oxygens (including phenoxy) is 3. The first-order chi connectivity index (χ1) is 13.2. The first-order valence-corrected chi connectivity index (χ1v) is 9.11. The van der Waals surface area contributed by atoms with E-state index >= 15 is 0 Å². The number of likely N-dealkylation sites (tertiary alicyclic amines) is 1. The standard InChI is InChI=1S/C17H25NO3.C2HF3O2/c1-19-12-11-18-9-7-17(8-10-18)13-16(14-20-17)21-15-5-3-2-4-6-15;3-2(4,5)1(6)7/h2-6,16H,7-14H2,1H3;(H,6,7). The van der Waals surface area contributed by atoms with E-state index in [1.54, 1.807) is 7.11 Å². The third-order valence-corrected chi connectivity index (χ3v) is 4.84. The molecule has 0 amide bonds. The Morgan fingerprint density at radius 2 is 1.89 bits per heavy atom. The summed E-state index contributed by atoms with van der Waals surface area (Å²) in [6.07, 6.45) is -1.67. The summed E-state index contributed by atoms with van der Waals surface area (Å²) < 4.78 is 49.1. The lowest BCUT2D eigenvalue weighted by molar-refractivity contribution is -0.192. The third-order valence-electron chi connectivity index (χ3n) is 4.84. The minimum Gasteiger partial charge on any atom is -0.488 e. The molecule has 9 heteroatoms. The SMILES string of the molecule is COCCN1CCC2(CC1)CC(Oc1ccccc1)CO2.O=C(O)C(F)(F)F. The van der Waals surface area contributed by atoms with Gasteiger partial charge in [0.1, 0.15) is 11.9 Å². The Hall–Kier alpha value is -1.84. The van der Waals surface area contributed by atoms with Gasteiger partial charge < -0.3 is 24.2 Å². The fourth-order valence-corrected chi connectivity index (χ4v) is 3.32. The summed E-state index contributed by atoms with van der Waals surface area (Å²) in [5.41, 5.74) is 0.0447. The molecule has 1 unspecified atom stereocenters. The van der Waals surface area contributed by atoms with Crippen LogP contribution in [0.3, 0.4) is 0 Å². The van der Waals surface area contributed by atoms with Crippen molar-refractivity contribution >= 4 is 5.97 Å². The molecule has 2 aliphatic rings. The average molecular weight is 405 g/mol. The average Bonchev–Trinajstić information content (AvgIpc) is 3.04. The molecule has 0 aliphatic carbocycles. The highest BCUT2D eigenvalue weighted by Gasteiger charge is 2.43. The van der Waals surface area contributed by atoms with E-state index in [-0.39, 0.29) is 11.7 Å². The highest BCUT2D eigenvalue weighted by molar-refractivity contribution is 5.73. The Labute approximate surface area is 162 Å². The van der Waals surface area contributed by atoms with E-state index in [9.17, 15) is 13.2 Å². The van der Waals surface area contributed by atoms with Gasteiger partial charge in [0, 0.05) is 33.2 Å². The van der Waals surface area contributed by atoms with Crippen molar-refractivity contribution in [3.05, 3.63) is 30.3 Å². The number of hydrogen-bond donors (Lipinski definition) is 1. The van der Waals surface area contributed by atoms with Crippen LogP contribution in [-0.4, -0.2) is 73.8 Å². The number of carboxylic acids is 1. The number of rotatable bonds is 5. The number of piperidine rings is 1. The lowest BCUT2D eigenvalue weighted by Crippen LogP contribution is -2.45. The summed E-state index contributed by atoms with van der Waals surface area (Å²) >= 11 is 0. The van der Waals surface area contributed by atoms with Crippen molar-refractivity contribution in [3.63, 3.8) is 0 Å². The van der Waals surface area contributed by atoms with E-state index in [0.717, 1.165) is 51.3 Å². The van der Waals surface area contributed by atoms with Gasteiger partial charge in [-0.1, -0.05) is 18.2 Å². The molecule has 2 heterocycles. The van der Waals surface area contributed by atoms with Gasteiger partial charge in [-0.15, -0.1) is 0 Å². The highest BCUT2D eigenvalue weighted by atomic mass is 19.4. The predicted octanol–water partition coefficient (Wildman–Crippen LogP) is 2.97. The smallest absolute Gasteiger partial charge is 0.488 e. The maximum Gasteiger partial charge on any atom is 0.490 e. The van der Waals surface area contributed by atoms with E-state index in [2.05, 4.69) is 4.90 Å². The van der Waals surface area contributed by atoms with Crippen LogP contribution >= 0.6 is 0 Å². The van der Waals surface area contributed by atoms with Crippen molar-refractivity contribution in [1.82, 2.24) is 4.90 Å². The molecule has 158 valence electrons. The number of halogens is 3. The lowest BCUT2D eigenvalue weighted by atomic mass is 9.88. The minimum atomic E-state index is -5.08. The molecule has 28 heavy (non-hydrogen) atoms. The zero-order chi connectivity index (χ0) is 20.6. The number of para-hydroxylation sites is 1. The van der Waals surface area contributed by atoms with E-state index < -0.39 is 12.1 Å². The van der Waals surface area contributed by atoms with Crippen molar-refractivity contribution in [2.45, 2.75) is 37.1 Å². The molecule has 1 N–H and O–H groups in total. The normalized spacial score (nSPS) is 21.8. The maximum absolute atomic E-state index is 10.6. The van der Waals surface area contributed by atoms with Crippen LogP contribution in [0.1, 0.15) is 19.3 Å². The molecule has 3 rings (SSSR count). The number of hydrogen-bond acceptors (Lipinski definition) is 5. The zero-order valence-electron chi connectivity index (χ0n) is 15.8. The van der Waals surface area contributed by atoms with Crippen LogP contribution in [0.4, 0.5) is 13.2 Å². The van der Waals surface area contributed by atoms with Gasteiger partial charge in [0.2, 0.25) is 0 Å². The van der Waals surface area contributed by atoms with E-state index in [1.165, 1.54) is 0 Å². The van der Waals surface area contributed by atoms with Crippen molar-refractivity contribution in [1.29, 1.82) is 0 Å². The van der Waals surface area contributed by atoms with Gasteiger partial charge in [-0.3, -0.25) is 0 Å². The molecule has 2 fully saturated rings. The fraction of sp³-hybridized carbons (Fsp3) is 0.632. The molecular formula is C19H26F3NO5. The molecule has 1 spiro atoms. The molecule has 0 aromatic heterocycles. The number of alkyl halides is 3. The second kappa shape index (κ2) is 10.1. The monoisotopic (exact) mass is 405 g/mol. The lowest BCUT2D eigenvalue weighted by Gasteiger charge is -2.38. The van der Waals surface area contributed by atoms with Crippen molar-refractivity contribution < 1.29 is 37.3 Å². The summed E-state index contributed by atoms with van der Waals surface area (Å²) in [4.78, 5) is 11.4. The van der Waals surface area contributed by atoms with Crippen LogP contribution in [0.2, 0.25) is 0 Å². The largest absolute Gasteiger partial charge is 0.490 e. The Morgan fingerprint density at radius 1 is 1.29 bits per heavy atom. The molecule has 0 radical (unpaired) electrons. The van der Waals surface area contributed by atoms with Crippen LogP contribution in [0.15, 0.2) is 30.3 Å². The molecule has 2 aliphatic heterocycles. The molecule has 0 saturated carbocycles. The summed E-state index contributed by atoms with van der Waals surface area (Å²) in [5, 5.41) is 7.12.